The van der Waals surface area contributed by atoms with Gasteiger partial charge in [-0.1, -0.05) is 11.6 Å². The molecule has 1 aromatic carbocycles. The number of hydrogen-bond acceptors (Lipinski definition) is 3. The van der Waals surface area contributed by atoms with Gasteiger partial charge in [-0.15, -0.1) is 0 Å². The van der Waals surface area contributed by atoms with Crippen molar-refractivity contribution in [3.05, 3.63) is 41.2 Å². The molecule has 0 saturated heterocycles. The summed E-state index contributed by atoms with van der Waals surface area (Å²) < 4.78 is 1.55. The summed E-state index contributed by atoms with van der Waals surface area (Å²) in [6, 6.07) is 5.06. The number of benzene rings is 1. The molecule has 0 aliphatic rings. The molecule has 1 heterocycles. The van der Waals surface area contributed by atoms with Gasteiger partial charge in [-0.3, -0.25) is 4.79 Å². The van der Waals surface area contributed by atoms with Gasteiger partial charge in [-0.2, -0.15) is 5.10 Å². The van der Waals surface area contributed by atoms with Crippen LogP contribution in [0.1, 0.15) is 10.4 Å². The molecule has 1 amide bonds. The van der Waals surface area contributed by atoms with Crippen LogP contribution in [0.15, 0.2) is 30.6 Å². The largest absolute Gasteiger partial charge is 0.397 e. The molecule has 94 valence electrons. The standard InChI is InChI=1S/C12H13ClN4O/c1-16(2)12(18)8-3-4-10(14)11(5-8)17-7-9(13)6-15-17/h3-7H,14H2,1-2H3. The van der Waals surface area contributed by atoms with Crippen LogP contribution in [0.5, 0.6) is 0 Å². The molecule has 18 heavy (non-hydrogen) atoms. The van der Waals surface area contributed by atoms with Gasteiger partial charge in [0.05, 0.1) is 22.6 Å². The number of halogens is 1. The first kappa shape index (κ1) is 12.4. The van der Waals surface area contributed by atoms with Gasteiger partial charge in [0.1, 0.15) is 0 Å². The number of carbonyl (C=O) groups is 1. The lowest BCUT2D eigenvalue weighted by atomic mass is 10.1. The average molecular weight is 265 g/mol. The van der Waals surface area contributed by atoms with Crippen LogP contribution in [-0.4, -0.2) is 34.7 Å². The number of carbonyl (C=O) groups excluding carboxylic acids is 1. The molecular weight excluding hydrogens is 252 g/mol. The van der Waals surface area contributed by atoms with E-state index in [4.69, 9.17) is 17.3 Å². The third kappa shape index (κ3) is 2.31. The van der Waals surface area contributed by atoms with Crippen molar-refractivity contribution in [3.63, 3.8) is 0 Å². The van der Waals surface area contributed by atoms with Gasteiger partial charge in [0.2, 0.25) is 0 Å². The molecule has 0 spiro atoms. The maximum atomic E-state index is 11.9. The number of amides is 1. The zero-order valence-corrected chi connectivity index (χ0v) is 10.8. The third-order valence-electron chi connectivity index (χ3n) is 2.48. The maximum absolute atomic E-state index is 11.9. The van der Waals surface area contributed by atoms with E-state index in [0.29, 0.717) is 22.0 Å². The van der Waals surface area contributed by atoms with E-state index in [2.05, 4.69) is 5.10 Å². The summed E-state index contributed by atoms with van der Waals surface area (Å²) in [6.45, 7) is 0. The Morgan fingerprint density at radius 1 is 1.44 bits per heavy atom. The fourth-order valence-electron chi connectivity index (χ4n) is 1.57. The average Bonchev–Trinajstić information content (AvgIpc) is 2.75. The molecule has 5 nitrogen and oxygen atoms in total. The molecule has 2 aromatic rings. The van der Waals surface area contributed by atoms with Crippen LogP contribution in [0.25, 0.3) is 5.69 Å². The van der Waals surface area contributed by atoms with Crippen molar-refractivity contribution in [1.29, 1.82) is 0 Å². The van der Waals surface area contributed by atoms with Crippen LogP contribution in [-0.2, 0) is 0 Å². The van der Waals surface area contributed by atoms with Gasteiger partial charge in [0, 0.05) is 25.9 Å². The van der Waals surface area contributed by atoms with Crippen molar-refractivity contribution in [1.82, 2.24) is 14.7 Å². The van der Waals surface area contributed by atoms with Crippen molar-refractivity contribution in [2.24, 2.45) is 0 Å². The van der Waals surface area contributed by atoms with E-state index < -0.39 is 0 Å². The predicted molar refractivity (Wildman–Crippen MR) is 71.0 cm³/mol. The van der Waals surface area contributed by atoms with E-state index in [-0.39, 0.29) is 5.91 Å². The summed E-state index contributed by atoms with van der Waals surface area (Å²) in [7, 11) is 3.40. The molecule has 0 radical (unpaired) electrons. The van der Waals surface area contributed by atoms with E-state index >= 15 is 0 Å². The lowest BCUT2D eigenvalue weighted by Gasteiger charge is -2.12. The highest BCUT2D eigenvalue weighted by Gasteiger charge is 2.11. The molecule has 0 unspecified atom stereocenters. The molecule has 1 aromatic heterocycles. The first-order valence-corrected chi connectivity index (χ1v) is 5.68. The second-order valence-electron chi connectivity index (χ2n) is 4.08. The predicted octanol–water partition coefficient (Wildman–Crippen LogP) is 1.81. The van der Waals surface area contributed by atoms with Gasteiger partial charge in [0.15, 0.2) is 0 Å². The zero-order chi connectivity index (χ0) is 13.3. The van der Waals surface area contributed by atoms with E-state index in [9.17, 15) is 4.79 Å². The number of nitrogen functional groups attached to an aromatic ring is 1. The molecule has 0 aliphatic heterocycles. The van der Waals surface area contributed by atoms with E-state index in [0.717, 1.165) is 0 Å². The number of nitrogens with zero attached hydrogens (tertiary/aromatic N) is 3. The molecule has 0 saturated carbocycles. The van der Waals surface area contributed by atoms with Crippen molar-refractivity contribution < 1.29 is 4.79 Å². The quantitative estimate of drug-likeness (QED) is 0.842. The molecule has 2 rings (SSSR count). The number of rotatable bonds is 2. The summed E-state index contributed by atoms with van der Waals surface area (Å²) >= 11 is 5.82. The minimum atomic E-state index is -0.0884. The third-order valence-corrected chi connectivity index (χ3v) is 2.68. The SMILES string of the molecule is CN(C)C(=O)c1ccc(N)c(-n2cc(Cl)cn2)c1. The monoisotopic (exact) mass is 264 g/mol. The second kappa shape index (κ2) is 4.70. The van der Waals surface area contributed by atoms with E-state index in [1.165, 1.54) is 11.1 Å². The summed E-state index contributed by atoms with van der Waals surface area (Å²) in [5.74, 6) is -0.0884. The van der Waals surface area contributed by atoms with Crippen LogP contribution >= 0.6 is 11.6 Å². The van der Waals surface area contributed by atoms with E-state index in [1.54, 1.807) is 43.2 Å². The van der Waals surface area contributed by atoms with Crippen molar-refractivity contribution >= 4 is 23.2 Å². The lowest BCUT2D eigenvalue weighted by molar-refractivity contribution is 0.0827. The van der Waals surface area contributed by atoms with Crippen LogP contribution in [0, 0.1) is 0 Å². The fraction of sp³-hybridized carbons (Fsp3) is 0.167. The minimum Gasteiger partial charge on any atom is -0.397 e. The highest BCUT2D eigenvalue weighted by Crippen LogP contribution is 2.20. The number of nitrogens with two attached hydrogens (primary N) is 1. The maximum Gasteiger partial charge on any atom is 0.253 e. The topological polar surface area (TPSA) is 64.2 Å². The summed E-state index contributed by atoms with van der Waals surface area (Å²) in [5, 5.41) is 4.58. The molecule has 0 bridgehead atoms. The van der Waals surface area contributed by atoms with Crippen LogP contribution < -0.4 is 5.73 Å². The molecule has 0 fully saturated rings. The van der Waals surface area contributed by atoms with Crippen LogP contribution in [0.4, 0.5) is 5.69 Å². The Morgan fingerprint density at radius 2 is 2.17 bits per heavy atom. The Bertz CT molecular complexity index is 592. The Kier molecular flexibility index (Phi) is 3.25. The molecular formula is C12H13ClN4O. The lowest BCUT2D eigenvalue weighted by Crippen LogP contribution is -2.22. The van der Waals surface area contributed by atoms with Gasteiger partial charge in [0.25, 0.3) is 5.91 Å². The van der Waals surface area contributed by atoms with Gasteiger partial charge >= 0.3 is 0 Å². The first-order valence-electron chi connectivity index (χ1n) is 5.31. The Labute approximate surface area is 110 Å². The molecule has 2 N–H and O–H groups in total. The second-order valence-corrected chi connectivity index (χ2v) is 4.51. The minimum absolute atomic E-state index is 0.0884. The Hall–Kier alpha value is -2.01. The van der Waals surface area contributed by atoms with Gasteiger partial charge < -0.3 is 10.6 Å². The number of hydrogen-bond donors (Lipinski definition) is 1. The molecule has 0 aliphatic carbocycles. The highest BCUT2D eigenvalue weighted by atomic mass is 35.5. The van der Waals surface area contributed by atoms with Gasteiger partial charge in [-0.25, -0.2) is 4.68 Å². The van der Waals surface area contributed by atoms with Crippen molar-refractivity contribution in [2.45, 2.75) is 0 Å². The van der Waals surface area contributed by atoms with Crippen LogP contribution in [0.2, 0.25) is 5.02 Å². The van der Waals surface area contributed by atoms with Crippen molar-refractivity contribution in [3.8, 4) is 5.69 Å². The normalized spacial score (nSPS) is 10.4. The summed E-state index contributed by atoms with van der Waals surface area (Å²) in [4.78, 5) is 13.4. The highest BCUT2D eigenvalue weighted by molar-refractivity contribution is 6.30. The summed E-state index contributed by atoms with van der Waals surface area (Å²) in [6.07, 6.45) is 3.15. The fourth-order valence-corrected chi connectivity index (χ4v) is 1.70. The number of anilines is 1. The first-order chi connectivity index (χ1) is 8.49. The van der Waals surface area contributed by atoms with Crippen LogP contribution in [0.3, 0.4) is 0 Å². The smallest absolute Gasteiger partial charge is 0.253 e. The molecule has 6 heteroatoms. The van der Waals surface area contributed by atoms with E-state index in [1.807, 2.05) is 0 Å². The number of aromatic nitrogens is 2. The van der Waals surface area contributed by atoms with Crippen molar-refractivity contribution in [2.75, 3.05) is 19.8 Å². The molecule has 0 atom stereocenters. The zero-order valence-electron chi connectivity index (χ0n) is 10.1. The Morgan fingerprint density at radius 3 is 2.72 bits per heavy atom. The summed E-state index contributed by atoms with van der Waals surface area (Å²) in [5.41, 5.74) is 7.60. The Balaban J connectivity index is 2.48. The van der Waals surface area contributed by atoms with Gasteiger partial charge in [-0.05, 0) is 18.2 Å².